The van der Waals surface area contributed by atoms with Crippen LogP contribution in [0.3, 0.4) is 0 Å². The Balaban J connectivity index is 1.83. The maximum Gasteiger partial charge on any atom is 0.231 e. The molecule has 3 aromatic rings. The number of benzene rings is 1. The normalized spacial score (nSPS) is 14.1. The van der Waals surface area contributed by atoms with Gasteiger partial charge in [0.15, 0.2) is 0 Å². The molecule has 0 atom stereocenters. The summed E-state index contributed by atoms with van der Waals surface area (Å²) in [5.41, 5.74) is 1.31. The summed E-state index contributed by atoms with van der Waals surface area (Å²) in [7, 11) is 0. The Morgan fingerprint density at radius 3 is 2.95 bits per heavy atom. The first-order valence-electron chi connectivity index (χ1n) is 7.00. The smallest absolute Gasteiger partial charge is 0.231 e. The summed E-state index contributed by atoms with van der Waals surface area (Å²) < 4.78 is 19.1. The van der Waals surface area contributed by atoms with Crippen molar-refractivity contribution >= 4 is 21.6 Å². The molecule has 0 N–H and O–H groups in total. The fourth-order valence-corrected chi connectivity index (χ4v) is 4.00. The van der Waals surface area contributed by atoms with Gasteiger partial charge in [-0.2, -0.15) is 0 Å². The highest BCUT2D eigenvalue weighted by Crippen LogP contribution is 2.40. The molecule has 0 fully saturated rings. The highest BCUT2D eigenvalue weighted by Gasteiger charge is 2.20. The van der Waals surface area contributed by atoms with Gasteiger partial charge in [-0.1, -0.05) is 6.07 Å². The van der Waals surface area contributed by atoms with Crippen molar-refractivity contribution in [1.82, 2.24) is 9.97 Å². The average Bonchev–Trinajstić information content (AvgIpc) is 2.87. The minimum absolute atomic E-state index is 0.315. The van der Waals surface area contributed by atoms with E-state index in [0.29, 0.717) is 11.6 Å². The molecule has 0 saturated carbocycles. The zero-order valence-electron chi connectivity index (χ0n) is 11.3. The zero-order chi connectivity index (χ0) is 14.2. The SMILES string of the molecule is Fc1cccc(Oc2ncnc3sc4c(c23)CCCC4)c1. The van der Waals surface area contributed by atoms with Crippen molar-refractivity contribution in [3.05, 3.63) is 46.9 Å². The Morgan fingerprint density at radius 2 is 2.05 bits per heavy atom. The molecular formula is C16H13FN2OS. The van der Waals surface area contributed by atoms with Crippen LogP contribution in [0, 0.1) is 5.82 Å². The zero-order valence-corrected chi connectivity index (χ0v) is 12.1. The van der Waals surface area contributed by atoms with E-state index in [1.807, 2.05) is 0 Å². The minimum Gasteiger partial charge on any atom is -0.438 e. The Bertz CT molecular complexity index is 815. The van der Waals surface area contributed by atoms with Crippen LogP contribution in [0.2, 0.25) is 0 Å². The number of aromatic nitrogens is 2. The van der Waals surface area contributed by atoms with Crippen LogP contribution in [0.25, 0.3) is 10.2 Å². The first kappa shape index (κ1) is 12.7. The van der Waals surface area contributed by atoms with E-state index in [1.165, 1.54) is 41.7 Å². The summed E-state index contributed by atoms with van der Waals surface area (Å²) in [6.07, 6.45) is 6.08. The van der Waals surface area contributed by atoms with Crippen molar-refractivity contribution in [2.24, 2.45) is 0 Å². The van der Waals surface area contributed by atoms with Gasteiger partial charge in [-0.3, -0.25) is 0 Å². The van der Waals surface area contributed by atoms with Gasteiger partial charge < -0.3 is 4.74 Å². The summed E-state index contributed by atoms with van der Waals surface area (Å²) in [5.74, 6) is 0.681. The number of hydrogen-bond donors (Lipinski definition) is 0. The second kappa shape index (κ2) is 5.07. The molecule has 0 saturated heterocycles. The van der Waals surface area contributed by atoms with Crippen LogP contribution in [0.1, 0.15) is 23.3 Å². The van der Waals surface area contributed by atoms with E-state index in [4.69, 9.17) is 4.74 Å². The van der Waals surface area contributed by atoms with Gasteiger partial charge in [-0.25, -0.2) is 14.4 Å². The maximum atomic E-state index is 13.3. The van der Waals surface area contributed by atoms with Crippen LogP contribution in [-0.4, -0.2) is 9.97 Å². The van der Waals surface area contributed by atoms with Crippen molar-refractivity contribution in [1.29, 1.82) is 0 Å². The first-order valence-corrected chi connectivity index (χ1v) is 7.81. The van der Waals surface area contributed by atoms with E-state index in [-0.39, 0.29) is 5.82 Å². The Kier molecular flexibility index (Phi) is 3.07. The molecule has 0 bridgehead atoms. The van der Waals surface area contributed by atoms with Crippen molar-refractivity contribution in [3.8, 4) is 11.6 Å². The quantitative estimate of drug-likeness (QED) is 0.699. The van der Waals surface area contributed by atoms with Crippen molar-refractivity contribution in [2.45, 2.75) is 25.7 Å². The molecule has 1 aromatic carbocycles. The number of rotatable bonds is 2. The summed E-state index contributed by atoms with van der Waals surface area (Å²) in [4.78, 5) is 11.0. The molecule has 0 spiro atoms. The van der Waals surface area contributed by atoms with Crippen LogP contribution < -0.4 is 4.74 Å². The average molecular weight is 300 g/mol. The third-order valence-corrected chi connectivity index (χ3v) is 4.93. The largest absolute Gasteiger partial charge is 0.438 e. The van der Waals surface area contributed by atoms with Gasteiger partial charge in [0.1, 0.15) is 22.7 Å². The van der Waals surface area contributed by atoms with Crippen LogP contribution in [0.4, 0.5) is 4.39 Å². The Morgan fingerprint density at radius 1 is 1.14 bits per heavy atom. The third-order valence-electron chi connectivity index (χ3n) is 3.73. The minimum atomic E-state index is -0.315. The van der Waals surface area contributed by atoms with Crippen LogP contribution in [0.5, 0.6) is 11.6 Å². The van der Waals surface area contributed by atoms with Gasteiger partial charge >= 0.3 is 0 Å². The second-order valence-corrected chi connectivity index (χ2v) is 6.21. The molecule has 4 rings (SSSR count). The molecule has 1 aliphatic carbocycles. The van der Waals surface area contributed by atoms with E-state index in [9.17, 15) is 4.39 Å². The molecule has 5 heteroatoms. The number of thiophene rings is 1. The van der Waals surface area contributed by atoms with Crippen molar-refractivity contribution < 1.29 is 9.13 Å². The monoisotopic (exact) mass is 300 g/mol. The Labute approximate surface area is 125 Å². The van der Waals surface area contributed by atoms with Crippen LogP contribution in [-0.2, 0) is 12.8 Å². The number of fused-ring (bicyclic) bond motifs is 3. The molecule has 2 heterocycles. The second-order valence-electron chi connectivity index (χ2n) is 5.13. The molecule has 0 amide bonds. The van der Waals surface area contributed by atoms with Crippen molar-refractivity contribution in [2.75, 3.05) is 0 Å². The predicted molar refractivity (Wildman–Crippen MR) is 80.5 cm³/mol. The molecule has 106 valence electrons. The van der Waals surface area contributed by atoms with Gasteiger partial charge in [0.05, 0.1) is 5.39 Å². The van der Waals surface area contributed by atoms with Crippen molar-refractivity contribution in [3.63, 3.8) is 0 Å². The fraction of sp³-hybridized carbons (Fsp3) is 0.250. The van der Waals surface area contributed by atoms with Crippen LogP contribution in [0.15, 0.2) is 30.6 Å². The maximum absolute atomic E-state index is 13.3. The lowest BCUT2D eigenvalue weighted by Crippen LogP contribution is -1.99. The van der Waals surface area contributed by atoms with Gasteiger partial charge in [0.25, 0.3) is 0 Å². The predicted octanol–water partition coefficient (Wildman–Crippen LogP) is 4.50. The lowest BCUT2D eigenvalue weighted by Gasteiger charge is -2.11. The lowest BCUT2D eigenvalue weighted by atomic mass is 9.97. The van der Waals surface area contributed by atoms with E-state index in [2.05, 4.69) is 9.97 Å². The highest BCUT2D eigenvalue weighted by molar-refractivity contribution is 7.18. The summed E-state index contributed by atoms with van der Waals surface area (Å²) in [5, 5.41) is 1.00. The highest BCUT2D eigenvalue weighted by atomic mass is 32.1. The third kappa shape index (κ3) is 2.27. The number of hydrogen-bond acceptors (Lipinski definition) is 4. The number of nitrogens with zero attached hydrogens (tertiary/aromatic N) is 2. The molecule has 2 aromatic heterocycles. The molecule has 0 aliphatic heterocycles. The Hall–Kier alpha value is -2.01. The summed E-state index contributed by atoms with van der Waals surface area (Å²) in [6, 6.07) is 6.13. The molecule has 21 heavy (non-hydrogen) atoms. The first-order chi connectivity index (χ1) is 10.3. The standard InChI is InChI=1S/C16H13FN2OS/c17-10-4-3-5-11(8-10)20-15-14-12-6-1-2-7-13(12)21-16(14)19-9-18-15/h3-5,8-9H,1-2,6-7H2. The molecule has 1 aliphatic rings. The van der Waals surface area contributed by atoms with E-state index in [1.54, 1.807) is 23.5 Å². The molecule has 0 unspecified atom stereocenters. The molecule has 0 radical (unpaired) electrons. The van der Waals surface area contributed by atoms with E-state index in [0.717, 1.165) is 23.1 Å². The topological polar surface area (TPSA) is 35.0 Å². The molecule has 3 nitrogen and oxygen atoms in total. The van der Waals surface area contributed by atoms with Crippen LogP contribution >= 0.6 is 11.3 Å². The van der Waals surface area contributed by atoms with Gasteiger partial charge in [-0.15, -0.1) is 11.3 Å². The van der Waals surface area contributed by atoms with E-state index >= 15 is 0 Å². The number of ether oxygens (including phenoxy) is 1. The molecular weight excluding hydrogens is 287 g/mol. The van der Waals surface area contributed by atoms with Gasteiger partial charge in [-0.05, 0) is 43.4 Å². The number of halogens is 1. The summed E-state index contributed by atoms with van der Waals surface area (Å²) >= 11 is 1.72. The van der Waals surface area contributed by atoms with E-state index < -0.39 is 0 Å². The number of aryl methyl sites for hydroxylation is 2. The van der Waals surface area contributed by atoms with Gasteiger partial charge in [0.2, 0.25) is 5.88 Å². The summed E-state index contributed by atoms with van der Waals surface area (Å²) in [6.45, 7) is 0. The van der Waals surface area contributed by atoms with Gasteiger partial charge in [0, 0.05) is 10.9 Å². The lowest BCUT2D eigenvalue weighted by molar-refractivity contribution is 0.462. The fourth-order valence-electron chi connectivity index (χ4n) is 2.78.